The second-order valence-electron chi connectivity index (χ2n) is 5.79. The molecule has 1 aliphatic carbocycles. The lowest BCUT2D eigenvalue weighted by Gasteiger charge is -2.38. The number of nitrogens with one attached hydrogen (secondary N) is 1. The van der Waals surface area contributed by atoms with Gasteiger partial charge in [-0.3, -0.25) is 4.99 Å². The minimum Gasteiger partial charge on any atom is -0.350 e. The van der Waals surface area contributed by atoms with Crippen molar-refractivity contribution in [1.29, 1.82) is 0 Å². The molecule has 0 aromatic carbocycles. The second-order valence-corrected chi connectivity index (χ2v) is 7.11. The fourth-order valence-electron chi connectivity index (χ4n) is 3.17. The van der Waals surface area contributed by atoms with Crippen molar-refractivity contribution in [2.45, 2.75) is 39.2 Å². The minimum atomic E-state index is 0. The minimum absolute atomic E-state index is 0. The largest absolute Gasteiger partial charge is 0.350 e. The second kappa shape index (κ2) is 6.60. The van der Waals surface area contributed by atoms with E-state index in [4.69, 9.17) is 0 Å². The van der Waals surface area contributed by atoms with Gasteiger partial charge in [0.2, 0.25) is 0 Å². The van der Waals surface area contributed by atoms with Gasteiger partial charge in [0.25, 0.3) is 0 Å². The van der Waals surface area contributed by atoms with Crippen molar-refractivity contribution in [3.63, 3.8) is 0 Å². The number of hydrogen-bond acceptors (Lipinski definition) is 3. The molecule has 2 heterocycles. The molecule has 2 fully saturated rings. The zero-order valence-corrected chi connectivity index (χ0v) is 15.3. The Morgan fingerprint density at radius 1 is 1.50 bits per heavy atom. The third kappa shape index (κ3) is 3.27. The quantitative estimate of drug-likeness (QED) is 0.467. The van der Waals surface area contributed by atoms with Gasteiger partial charge < -0.3 is 10.2 Å². The van der Waals surface area contributed by atoms with Crippen LogP contribution < -0.4 is 5.32 Å². The first-order valence-corrected chi connectivity index (χ1v) is 7.89. The molecule has 1 aromatic heterocycles. The Hall–Kier alpha value is -0.370. The lowest BCUT2D eigenvalue weighted by Crippen LogP contribution is -2.42. The summed E-state index contributed by atoms with van der Waals surface area (Å²) in [5, 5.41) is 4.59. The molecular formula is C14H23IN4S. The van der Waals surface area contributed by atoms with Crippen LogP contribution in [0.15, 0.2) is 11.2 Å². The van der Waals surface area contributed by atoms with Gasteiger partial charge in [0.15, 0.2) is 5.96 Å². The number of aryl methyl sites for hydroxylation is 1. The van der Waals surface area contributed by atoms with Crippen molar-refractivity contribution < 1.29 is 0 Å². The monoisotopic (exact) mass is 406 g/mol. The van der Waals surface area contributed by atoms with Crippen molar-refractivity contribution in [2.75, 3.05) is 20.1 Å². The maximum Gasteiger partial charge on any atom is 0.194 e. The number of rotatable bonds is 2. The maximum atomic E-state index is 4.42. The highest BCUT2D eigenvalue weighted by atomic mass is 127. The van der Waals surface area contributed by atoms with Gasteiger partial charge in [0, 0.05) is 31.2 Å². The SMILES string of the molecule is CN=C(NCc1ncc(C)s1)N1CCC2(CCC2)C1.I. The summed E-state index contributed by atoms with van der Waals surface area (Å²) in [6, 6.07) is 0. The molecule has 0 atom stereocenters. The Balaban J connectivity index is 0.00000147. The fraction of sp³-hybridized carbons (Fsp3) is 0.714. The van der Waals surface area contributed by atoms with E-state index in [2.05, 4.69) is 27.1 Å². The highest BCUT2D eigenvalue weighted by Gasteiger charge is 2.43. The van der Waals surface area contributed by atoms with Crippen molar-refractivity contribution in [3.05, 3.63) is 16.1 Å². The van der Waals surface area contributed by atoms with Crippen LogP contribution in [-0.4, -0.2) is 36.0 Å². The van der Waals surface area contributed by atoms with Gasteiger partial charge in [-0.05, 0) is 31.6 Å². The van der Waals surface area contributed by atoms with Crippen molar-refractivity contribution in [3.8, 4) is 0 Å². The van der Waals surface area contributed by atoms with Crippen LogP contribution in [0, 0.1) is 12.3 Å². The molecule has 3 rings (SSSR count). The van der Waals surface area contributed by atoms with Crippen LogP contribution in [0.5, 0.6) is 0 Å². The predicted octanol–water partition coefficient (Wildman–Crippen LogP) is 3.02. The van der Waals surface area contributed by atoms with E-state index in [1.54, 1.807) is 11.3 Å². The molecule has 4 nitrogen and oxygen atoms in total. The first-order chi connectivity index (χ1) is 9.21. The predicted molar refractivity (Wildman–Crippen MR) is 94.9 cm³/mol. The summed E-state index contributed by atoms with van der Waals surface area (Å²) in [6.07, 6.45) is 7.50. The van der Waals surface area contributed by atoms with E-state index in [-0.39, 0.29) is 24.0 Å². The van der Waals surface area contributed by atoms with E-state index in [9.17, 15) is 0 Å². The molecular weight excluding hydrogens is 383 g/mol. The Bertz CT molecular complexity index is 481. The molecule has 1 saturated heterocycles. The summed E-state index contributed by atoms with van der Waals surface area (Å²) in [5.41, 5.74) is 0.620. The number of hydrogen-bond donors (Lipinski definition) is 1. The van der Waals surface area contributed by atoms with E-state index < -0.39 is 0 Å². The van der Waals surface area contributed by atoms with Crippen LogP contribution in [0.4, 0.5) is 0 Å². The van der Waals surface area contributed by atoms with E-state index in [0.29, 0.717) is 5.41 Å². The van der Waals surface area contributed by atoms with Gasteiger partial charge in [0.05, 0.1) is 6.54 Å². The number of aliphatic imine (C=N–C) groups is 1. The summed E-state index contributed by atoms with van der Waals surface area (Å²) >= 11 is 1.75. The van der Waals surface area contributed by atoms with Crippen LogP contribution in [0.1, 0.15) is 35.6 Å². The van der Waals surface area contributed by atoms with Crippen molar-refractivity contribution in [2.24, 2.45) is 10.4 Å². The number of nitrogens with zero attached hydrogens (tertiary/aromatic N) is 3. The van der Waals surface area contributed by atoms with E-state index in [1.807, 2.05) is 13.2 Å². The topological polar surface area (TPSA) is 40.5 Å². The van der Waals surface area contributed by atoms with Crippen molar-refractivity contribution >= 4 is 41.3 Å². The highest BCUT2D eigenvalue weighted by Crippen LogP contribution is 2.47. The molecule has 1 saturated carbocycles. The van der Waals surface area contributed by atoms with E-state index in [1.165, 1.54) is 37.1 Å². The Morgan fingerprint density at radius 2 is 2.30 bits per heavy atom. The molecule has 1 aromatic rings. The highest BCUT2D eigenvalue weighted by molar-refractivity contribution is 14.0. The van der Waals surface area contributed by atoms with Gasteiger partial charge >= 0.3 is 0 Å². The van der Waals surface area contributed by atoms with E-state index in [0.717, 1.165) is 24.1 Å². The molecule has 1 N–H and O–H groups in total. The average molecular weight is 406 g/mol. The van der Waals surface area contributed by atoms with Crippen LogP contribution in [0.3, 0.4) is 0 Å². The first-order valence-electron chi connectivity index (χ1n) is 7.08. The molecule has 0 radical (unpaired) electrons. The first kappa shape index (κ1) is 16.0. The molecule has 0 bridgehead atoms. The van der Waals surface area contributed by atoms with E-state index >= 15 is 0 Å². The molecule has 20 heavy (non-hydrogen) atoms. The maximum absolute atomic E-state index is 4.42. The van der Waals surface area contributed by atoms with Crippen molar-refractivity contribution in [1.82, 2.24) is 15.2 Å². The van der Waals surface area contributed by atoms with Gasteiger partial charge in [-0.2, -0.15) is 0 Å². The molecule has 0 unspecified atom stereocenters. The summed E-state index contributed by atoms with van der Waals surface area (Å²) in [5.74, 6) is 1.04. The zero-order chi connectivity index (χ0) is 13.3. The number of thiazole rings is 1. The number of aromatic nitrogens is 1. The fourth-order valence-corrected chi connectivity index (χ4v) is 3.90. The van der Waals surface area contributed by atoms with Gasteiger partial charge in [-0.25, -0.2) is 4.98 Å². The number of likely N-dealkylation sites (tertiary alicyclic amines) is 1. The third-order valence-electron chi connectivity index (χ3n) is 4.43. The van der Waals surface area contributed by atoms with Crippen LogP contribution in [0.2, 0.25) is 0 Å². The number of guanidine groups is 1. The summed E-state index contributed by atoms with van der Waals surface area (Å²) in [7, 11) is 1.88. The van der Waals surface area contributed by atoms with Crippen LogP contribution in [-0.2, 0) is 6.54 Å². The molecule has 2 aliphatic rings. The molecule has 1 aliphatic heterocycles. The Kier molecular flexibility index (Phi) is 5.28. The smallest absolute Gasteiger partial charge is 0.194 e. The Morgan fingerprint density at radius 3 is 2.80 bits per heavy atom. The average Bonchev–Trinajstić information content (AvgIpc) is 2.96. The third-order valence-corrected chi connectivity index (χ3v) is 5.34. The van der Waals surface area contributed by atoms with Crippen LogP contribution in [0.25, 0.3) is 0 Å². The molecule has 1 spiro atoms. The molecule has 112 valence electrons. The van der Waals surface area contributed by atoms with Gasteiger partial charge in [-0.1, -0.05) is 6.42 Å². The molecule has 6 heteroatoms. The van der Waals surface area contributed by atoms with Gasteiger partial charge in [-0.15, -0.1) is 35.3 Å². The summed E-state index contributed by atoms with van der Waals surface area (Å²) in [6.45, 7) is 5.21. The zero-order valence-electron chi connectivity index (χ0n) is 12.2. The lowest BCUT2D eigenvalue weighted by atomic mass is 9.68. The van der Waals surface area contributed by atoms with Gasteiger partial charge in [0.1, 0.15) is 5.01 Å². The lowest BCUT2D eigenvalue weighted by molar-refractivity contribution is 0.151. The molecule has 0 amide bonds. The summed E-state index contributed by atoms with van der Waals surface area (Å²) in [4.78, 5) is 12.5. The Labute approximate surface area is 142 Å². The number of halogens is 1. The van der Waals surface area contributed by atoms with Crippen LogP contribution >= 0.6 is 35.3 Å². The standard InChI is InChI=1S/C14H22N4S.HI/c1-11-8-16-12(19-11)9-17-13(15-2)18-7-6-14(10-18)4-3-5-14;/h8H,3-7,9-10H2,1-2H3,(H,15,17);1H. The normalized spacial score (nSPS) is 20.7. The summed E-state index contributed by atoms with van der Waals surface area (Å²) < 4.78 is 0.